The minimum absolute atomic E-state index is 0.156. The minimum Gasteiger partial charge on any atom is -0.326 e. The molecule has 36 heavy (non-hydrogen) atoms. The quantitative estimate of drug-likeness (QED) is 0.299. The van der Waals surface area contributed by atoms with Crippen LogP contribution >= 0.6 is 15.9 Å². The predicted octanol–water partition coefficient (Wildman–Crippen LogP) is 6.66. The molecule has 5 rings (SSSR count). The van der Waals surface area contributed by atoms with Gasteiger partial charge in [-0.05, 0) is 67.9 Å². The van der Waals surface area contributed by atoms with Crippen molar-refractivity contribution in [2.24, 2.45) is 5.92 Å². The SMILES string of the molecule is O=C(Nc1cccc(C(F)(F)F)c1)[C@H]1CCCN(Cc2nc3ccccc3n2-c2cccc(Br)c2)C1. The van der Waals surface area contributed by atoms with E-state index in [2.05, 4.69) is 30.7 Å². The van der Waals surface area contributed by atoms with E-state index in [1.807, 2.05) is 48.5 Å². The zero-order valence-electron chi connectivity index (χ0n) is 19.3. The van der Waals surface area contributed by atoms with Gasteiger partial charge in [-0.25, -0.2) is 4.98 Å². The lowest BCUT2D eigenvalue weighted by Gasteiger charge is -2.31. The number of nitrogens with one attached hydrogen (secondary N) is 1. The topological polar surface area (TPSA) is 50.2 Å². The maximum Gasteiger partial charge on any atom is 0.416 e. The molecule has 1 fully saturated rings. The molecule has 1 aliphatic heterocycles. The maximum atomic E-state index is 13.0. The number of hydrogen-bond acceptors (Lipinski definition) is 3. The van der Waals surface area contributed by atoms with E-state index in [0.717, 1.165) is 52.1 Å². The molecule has 5 nitrogen and oxygen atoms in total. The molecule has 9 heteroatoms. The van der Waals surface area contributed by atoms with Gasteiger partial charge in [0.25, 0.3) is 0 Å². The molecule has 0 saturated carbocycles. The van der Waals surface area contributed by atoms with Gasteiger partial charge in [-0.1, -0.05) is 40.2 Å². The van der Waals surface area contributed by atoms with Crippen molar-refractivity contribution in [3.63, 3.8) is 0 Å². The maximum absolute atomic E-state index is 13.0. The number of anilines is 1. The Bertz CT molecular complexity index is 1400. The second-order valence-corrected chi connectivity index (χ2v) is 9.89. The Morgan fingerprint density at radius 2 is 1.86 bits per heavy atom. The monoisotopic (exact) mass is 556 g/mol. The largest absolute Gasteiger partial charge is 0.416 e. The summed E-state index contributed by atoms with van der Waals surface area (Å²) in [6.07, 6.45) is -2.96. The summed E-state index contributed by atoms with van der Waals surface area (Å²) in [7, 11) is 0. The van der Waals surface area contributed by atoms with Gasteiger partial charge < -0.3 is 5.32 Å². The number of halogens is 4. The fourth-order valence-corrected chi connectivity index (χ4v) is 5.10. The van der Waals surface area contributed by atoms with Crippen LogP contribution in [-0.2, 0) is 17.5 Å². The number of hydrogen-bond donors (Lipinski definition) is 1. The van der Waals surface area contributed by atoms with E-state index in [1.54, 1.807) is 0 Å². The molecule has 0 unspecified atom stereocenters. The number of nitrogens with zero attached hydrogens (tertiary/aromatic N) is 3. The smallest absolute Gasteiger partial charge is 0.326 e. The molecule has 1 aromatic heterocycles. The van der Waals surface area contributed by atoms with Crippen molar-refractivity contribution in [3.8, 4) is 5.69 Å². The number of imidazole rings is 1. The number of likely N-dealkylation sites (tertiary alicyclic amines) is 1. The molecule has 1 aliphatic rings. The van der Waals surface area contributed by atoms with E-state index in [9.17, 15) is 18.0 Å². The first-order valence-corrected chi connectivity index (χ1v) is 12.5. The number of amides is 1. The average Bonchev–Trinajstić information content (AvgIpc) is 3.21. The summed E-state index contributed by atoms with van der Waals surface area (Å²) in [5.41, 5.74) is 2.26. The molecule has 4 aromatic rings. The fourth-order valence-electron chi connectivity index (χ4n) is 4.72. The third-order valence-electron chi connectivity index (χ3n) is 6.40. The molecule has 0 aliphatic carbocycles. The van der Waals surface area contributed by atoms with Crippen LogP contribution in [0.25, 0.3) is 16.7 Å². The number of fused-ring (bicyclic) bond motifs is 1. The lowest BCUT2D eigenvalue weighted by molar-refractivity contribution is -0.137. The molecule has 1 N–H and O–H groups in total. The molecule has 3 aromatic carbocycles. The molecular formula is C27H24BrF3N4O. The molecule has 1 amide bonds. The summed E-state index contributed by atoms with van der Waals surface area (Å²) in [4.78, 5) is 20.0. The molecule has 2 heterocycles. The third kappa shape index (κ3) is 5.32. The summed E-state index contributed by atoms with van der Waals surface area (Å²) in [6.45, 7) is 1.87. The Morgan fingerprint density at radius 3 is 2.67 bits per heavy atom. The number of aromatic nitrogens is 2. The molecule has 0 radical (unpaired) electrons. The Balaban J connectivity index is 1.34. The van der Waals surface area contributed by atoms with E-state index in [0.29, 0.717) is 19.5 Å². The van der Waals surface area contributed by atoms with Crippen molar-refractivity contribution in [1.82, 2.24) is 14.5 Å². The van der Waals surface area contributed by atoms with Gasteiger partial charge in [0.05, 0.1) is 29.1 Å². The van der Waals surface area contributed by atoms with Crippen LogP contribution in [0, 0.1) is 5.92 Å². The number of rotatable bonds is 5. The first-order chi connectivity index (χ1) is 17.3. The first-order valence-electron chi connectivity index (χ1n) is 11.7. The summed E-state index contributed by atoms with van der Waals surface area (Å²) in [6, 6.07) is 20.7. The third-order valence-corrected chi connectivity index (χ3v) is 6.89. The zero-order chi connectivity index (χ0) is 25.3. The lowest BCUT2D eigenvalue weighted by atomic mass is 9.97. The van der Waals surface area contributed by atoms with Gasteiger partial charge in [-0.3, -0.25) is 14.3 Å². The Kier molecular flexibility index (Phi) is 6.85. The van der Waals surface area contributed by atoms with E-state index < -0.39 is 11.7 Å². The zero-order valence-corrected chi connectivity index (χ0v) is 20.9. The van der Waals surface area contributed by atoms with Crippen molar-refractivity contribution in [1.29, 1.82) is 0 Å². The fraction of sp³-hybridized carbons (Fsp3) is 0.259. The van der Waals surface area contributed by atoms with Crippen molar-refractivity contribution in [2.75, 3.05) is 18.4 Å². The number of benzene rings is 3. The van der Waals surface area contributed by atoms with E-state index in [4.69, 9.17) is 4.98 Å². The van der Waals surface area contributed by atoms with Crippen LogP contribution < -0.4 is 5.32 Å². The lowest BCUT2D eigenvalue weighted by Crippen LogP contribution is -2.40. The van der Waals surface area contributed by atoms with Crippen LogP contribution in [0.2, 0.25) is 0 Å². The van der Waals surface area contributed by atoms with Crippen LogP contribution in [0.1, 0.15) is 24.2 Å². The van der Waals surface area contributed by atoms with Crippen molar-refractivity contribution < 1.29 is 18.0 Å². The highest BCUT2D eigenvalue weighted by atomic mass is 79.9. The van der Waals surface area contributed by atoms with Gasteiger partial charge in [-0.15, -0.1) is 0 Å². The summed E-state index contributed by atoms with van der Waals surface area (Å²) in [5, 5.41) is 2.68. The predicted molar refractivity (Wildman–Crippen MR) is 137 cm³/mol. The van der Waals surface area contributed by atoms with Crippen molar-refractivity contribution in [2.45, 2.75) is 25.6 Å². The van der Waals surface area contributed by atoms with E-state index in [-0.39, 0.29) is 17.5 Å². The number of para-hydroxylation sites is 2. The van der Waals surface area contributed by atoms with Crippen molar-refractivity contribution in [3.05, 3.63) is 88.7 Å². The van der Waals surface area contributed by atoms with E-state index in [1.165, 1.54) is 12.1 Å². The van der Waals surface area contributed by atoms with Crippen molar-refractivity contribution >= 4 is 38.6 Å². The normalized spacial score (nSPS) is 16.8. The van der Waals surface area contributed by atoms with Gasteiger partial charge in [0.1, 0.15) is 5.82 Å². The summed E-state index contributed by atoms with van der Waals surface area (Å²) in [5.74, 6) is 0.282. The van der Waals surface area contributed by atoms with Gasteiger partial charge in [0.15, 0.2) is 0 Å². The second kappa shape index (κ2) is 10.1. The van der Waals surface area contributed by atoms with Gasteiger partial charge in [-0.2, -0.15) is 13.2 Å². The average molecular weight is 557 g/mol. The molecule has 1 saturated heterocycles. The van der Waals surface area contributed by atoms with Gasteiger partial charge in [0.2, 0.25) is 5.91 Å². The van der Waals surface area contributed by atoms with Gasteiger partial charge in [0, 0.05) is 22.4 Å². The number of carbonyl (C=O) groups excluding carboxylic acids is 1. The Labute approximate surface area is 215 Å². The number of alkyl halides is 3. The number of piperidine rings is 1. The van der Waals surface area contributed by atoms with Crippen LogP contribution in [0.3, 0.4) is 0 Å². The first kappa shape index (κ1) is 24.5. The molecule has 186 valence electrons. The Hall–Kier alpha value is -3.17. The molecular weight excluding hydrogens is 533 g/mol. The highest BCUT2D eigenvalue weighted by Gasteiger charge is 2.31. The van der Waals surface area contributed by atoms with E-state index >= 15 is 0 Å². The Morgan fingerprint density at radius 1 is 1.06 bits per heavy atom. The minimum atomic E-state index is -4.46. The van der Waals surface area contributed by atoms with Crippen LogP contribution in [0.5, 0.6) is 0 Å². The van der Waals surface area contributed by atoms with Crippen LogP contribution in [0.4, 0.5) is 18.9 Å². The molecule has 0 spiro atoms. The highest BCUT2D eigenvalue weighted by molar-refractivity contribution is 9.10. The molecule has 1 atom stereocenters. The molecule has 0 bridgehead atoms. The standard InChI is InChI=1S/C27H24BrF3N4O/c28-20-8-4-10-22(15-20)35-24-12-2-1-11-23(24)33-25(35)17-34-13-5-6-18(16-34)26(36)32-21-9-3-7-19(14-21)27(29,30)31/h1-4,7-12,14-15,18H,5-6,13,16-17H2,(H,32,36)/t18-/m0/s1. The second-order valence-electron chi connectivity index (χ2n) is 8.97. The van der Waals surface area contributed by atoms with Crippen LogP contribution in [0.15, 0.2) is 77.3 Å². The summed E-state index contributed by atoms with van der Waals surface area (Å²) < 4.78 is 42.2. The van der Waals surface area contributed by atoms with Gasteiger partial charge >= 0.3 is 6.18 Å². The number of carbonyl (C=O) groups is 1. The van der Waals surface area contributed by atoms with Crippen LogP contribution in [-0.4, -0.2) is 33.4 Å². The highest BCUT2D eigenvalue weighted by Crippen LogP contribution is 2.31. The summed E-state index contributed by atoms with van der Waals surface area (Å²) >= 11 is 3.55.